The number of aliphatic hydroxyl groups is 1. The van der Waals surface area contributed by atoms with E-state index in [-0.39, 0.29) is 29.4 Å². The summed E-state index contributed by atoms with van der Waals surface area (Å²) >= 11 is 0. The van der Waals surface area contributed by atoms with Gasteiger partial charge in [-0.3, -0.25) is 24.0 Å². The highest BCUT2D eigenvalue weighted by Gasteiger charge is 2.68. The average molecular weight is 906 g/mol. The lowest BCUT2D eigenvalue weighted by Gasteiger charge is -2.64. The zero-order valence-corrected chi connectivity index (χ0v) is 39.1. The van der Waals surface area contributed by atoms with Crippen LogP contribution in [0.1, 0.15) is 112 Å². The number of hydrogen-bond acceptors (Lipinski definition) is 10. The Bertz CT molecular complexity index is 2140. The maximum Gasteiger partial charge on any atom is 0.481 e. The second kappa shape index (κ2) is 20.0. The number of nitrogens with one attached hydrogen (secondary N) is 5. The summed E-state index contributed by atoms with van der Waals surface area (Å²) in [5.41, 5.74) is 8.24. The molecule has 7 rings (SSSR count). The van der Waals surface area contributed by atoms with Gasteiger partial charge in [0, 0.05) is 6.54 Å². The van der Waals surface area contributed by atoms with Crippen molar-refractivity contribution in [2.75, 3.05) is 6.54 Å². The van der Waals surface area contributed by atoms with E-state index in [2.05, 4.69) is 73.2 Å². The van der Waals surface area contributed by atoms with E-state index in [1.54, 1.807) is 19.1 Å². The quantitative estimate of drug-likeness (QED) is 0.0755. The number of aryl methyl sites for hydroxylation is 1. The first kappa shape index (κ1) is 49.1. The highest BCUT2D eigenvalue weighted by molar-refractivity contribution is 7.90. The van der Waals surface area contributed by atoms with Gasteiger partial charge in [-0.15, -0.1) is 0 Å². The van der Waals surface area contributed by atoms with E-state index in [1.165, 1.54) is 43.0 Å². The molecular weight excluding hydrogens is 837 g/mol. The van der Waals surface area contributed by atoms with E-state index in [0.717, 1.165) is 36.8 Å². The molecule has 2 saturated heterocycles. The van der Waals surface area contributed by atoms with E-state index in [4.69, 9.17) is 19.8 Å². The first-order valence-electron chi connectivity index (χ1n) is 22.9. The number of nitrogens with zero attached hydrogens (tertiary/aromatic N) is 1. The van der Waals surface area contributed by atoms with E-state index in [1.807, 2.05) is 12.1 Å². The second-order valence-corrected chi connectivity index (χ2v) is 21.2. The third kappa shape index (κ3) is 10.5. The van der Waals surface area contributed by atoms with Crippen molar-refractivity contribution in [2.24, 2.45) is 23.0 Å². The summed E-state index contributed by atoms with van der Waals surface area (Å²) in [6.45, 7) is 13.3. The molecule has 1 unspecified atom stereocenters. The van der Waals surface area contributed by atoms with Crippen molar-refractivity contribution >= 4 is 46.6 Å². The van der Waals surface area contributed by atoms with E-state index in [9.17, 15) is 33.3 Å². The normalized spacial score (nSPS) is 26.8. The summed E-state index contributed by atoms with van der Waals surface area (Å²) in [6.07, 6.45) is 6.39. The molecule has 5 aliphatic rings. The molecule has 64 heavy (non-hydrogen) atoms. The van der Waals surface area contributed by atoms with Gasteiger partial charge in [0.25, 0.3) is 0 Å². The fraction of sp³-hybridized carbons (Fsp3) is 0.630. The Labute approximate surface area is 378 Å². The van der Waals surface area contributed by atoms with E-state index < -0.39 is 94.8 Å². The van der Waals surface area contributed by atoms with Crippen LogP contribution in [0.5, 0.6) is 0 Å². The number of amides is 5. The van der Waals surface area contributed by atoms with Crippen LogP contribution in [0.15, 0.2) is 53.4 Å². The van der Waals surface area contributed by atoms with Crippen LogP contribution in [0.3, 0.4) is 0 Å². The lowest BCUT2D eigenvalue weighted by Crippen LogP contribution is -2.65. The molecule has 5 fully saturated rings. The molecule has 0 radical (unpaired) electrons. The zero-order chi connectivity index (χ0) is 46.7. The van der Waals surface area contributed by atoms with Gasteiger partial charge in [-0.2, -0.15) is 0 Å². The number of unbranched alkanes of at least 4 members (excludes halogenated alkanes) is 3. The summed E-state index contributed by atoms with van der Waals surface area (Å²) < 4.78 is 37.2. The van der Waals surface area contributed by atoms with Crippen LogP contribution < -0.4 is 27.0 Å². The molecule has 18 heteroatoms. The standard InChI is InChI=1S/C46H68BN7O9S/c1-8-9-10-11-13-30-15-17-31(18-16-30)32-19-21-34(22-20-32)64(49,61)54-23-12-14-36(54)43(59)53-40(28(3)55)44(60)50-27(2)41(57)52-35(26-39(48)56)42(58)51-29(4)47-62-38-25-33-24-37(45(33,5)6)46(38,7)63-47/h15-22,27-29,33,35-38,40,49,55H,8-14,23-26H2,1-7H3,(H2,48,56)(H,50,60)(H,51,58)(H,52,57)(H,53,59)/t27-,28+,29-,33+,35?,36-,37+,38+,40-,46-,64+/m0/s1. The van der Waals surface area contributed by atoms with Crippen molar-refractivity contribution in [1.29, 1.82) is 4.78 Å². The summed E-state index contributed by atoms with van der Waals surface area (Å²) in [5.74, 6) is -3.80. The first-order valence-corrected chi connectivity index (χ1v) is 24.4. The van der Waals surface area contributed by atoms with Crippen LogP contribution in [-0.4, -0.2) is 105 Å². The Balaban J connectivity index is 1.02. The van der Waals surface area contributed by atoms with E-state index in [0.29, 0.717) is 18.3 Å². The molecule has 16 nitrogen and oxygen atoms in total. The molecule has 0 spiro atoms. The number of nitrogens with two attached hydrogens (primary N) is 1. The third-order valence-electron chi connectivity index (χ3n) is 14.2. The van der Waals surface area contributed by atoms with Crippen LogP contribution in [0, 0.1) is 22.0 Å². The van der Waals surface area contributed by atoms with Crippen LogP contribution in [0.25, 0.3) is 11.1 Å². The molecule has 3 aliphatic carbocycles. The molecule has 2 aromatic rings. The number of primary amides is 1. The Kier molecular flexibility index (Phi) is 15.4. The number of carbonyl (C=O) groups is 5. The van der Waals surface area contributed by atoms with Gasteiger partial charge in [0.2, 0.25) is 29.5 Å². The van der Waals surface area contributed by atoms with Crippen molar-refractivity contribution in [3.05, 3.63) is 54.1 Å². The molecule has 11 atom stereocenters. The molecule has 2 aliphatic heterocycles. The van der Waals surface area contributed by atoms with Crippen molar-refractivity contribution in [2.45, 2.75) is 165 Å². The largest absolute Gasteiger partial charge is 0.481 e. The smallest absolute Gasteiger partial charge is 0.404 e. The summed E-state index contributed by atoms with van der Waals surface area (Å²) in [4.78, 5) is 66.4. The third-order valence-corrected chi connectivity index (χ3v) is 16.2. The molecule has 2 aromatic carbocycles. The average Bonchev–Trinajstić information content (AvgIpc) is 3.90. The molecule has 3 saturated carbocycles. The highest BCUT2D eigenvalue weighted by Crippen LogP contribution is 2.65. The summed E-state index contributed by atoms with van der Waals surface area (Å²) in [7, 11) is -4.39. The number of carbonyl (C=O) groups excluding carboxylic acids is 5. The van der Waals surface area contributed by atoms with Crippen LogP contribution in [0.2, 0.25) is 0 Å². The van der Waals surface area contributed by atoms with Crippen molar-refractivity contribution in [3.8, 4) is 11.1 Å². The van der Waals surface area contributed by atoms with Crippen molar-refractivity contribution < 1.29 is 42.6 Å². The van der Waals surface area contributed by atoms with Crippen molar-refractivity contribution in [1.82, 2.24) is 25.6 Å². The minimum absolute atomic E-state index is 0.118. The van der Waals surface area contributed by atoms with Gasteiger partial charge < -0.3 is 41.4 Å². The fourth-order valence-corrected chi connectivity index (χ4v) is 11.9. The van der Waals surface area contributed by atoms with Crippen LogP contribution in [-0.2, 0) is 49.6 Å². The Morgan fingerprint density at radius 3 is 2.17 bits per heavy atom. The van der Waals surface area contributed by atoms with Gasteiger partial charge >= 0.3 is 7.12 Å². The van der Waals surface area contributed by atoms with Gasteiger partial charge in [0.1, 0.15) is 34.1 Å². The fourth-order valence-electron chi connectivity index (χ4n) is 10.1. The summed E-state index contributed by atoms with van der Waals surface area (Å²) in [6, 6.07) is 9.98. The highest BCUT2D eigenvalue weighted by atomic mass is 32.2. The van der Waals surface area contributed by atoms with Crippen molar-refractivity contribution in [3.63, 3.8) is 0 Å². The molecule has 2 heterocycles. The number of benzene rings is 2. The van der Waals surface area contributed by atoms with Gasteiger partial charge in [0.05, 0.1) is 35.1 Å². The predicted molar refractivity (Wildman–Crippen MR) is 243 cm³/mol. The molecule has 0 aromatic heterocycles. The SMILES string of the molecule is CCCCCCc1ccc(-c2ccc([S@](=N)(=O)N3CCC[C@H]3C(=O)N[C@H](C(=O)N[C@@H](C)C(=O)NC(CC(N)=O)C(=O)N[C@@H](C)B3O[C@@H]4C[C@H]5C[C@H](C5(C)C)[C@]4(C)O3)[C@@H](C)O)cc2)cc1. The van der Waals surface area contributed by atoms with Crippen LogP contribution >= 0.6 is 0 Å². The second-order valence-electron chi connectivity index (χ2n) is 19.2. The van der Waals surface area contributed by atoms with Crippen LogP contribution in [0.4, 0.5) is 0 Å². The Morgan fingerprint density at radius 1 is 0.906 bits per heavy atom. The minimum atomic E-state index is -3.64. The van der Waals surface area contributed by atoms with Gasteiger partial charge in [0.15, 0.2) is 0 Å². The lowest BCUT2D eigenvalue weighted by atomic mass is 9.43. The maximum absolute atomic E-state index is 14.1. The molecule has 8 N–H and O–H groups in total. The monoisotopic (exact) mass is 905 g/mol. The van der Waals surface area contributed by atoms with Gasteiger partial charge in [-0.25, -0.2) is 13.3 Å². The van der Waals surface area contributed by atoms with Gasteiger partial charge in [-0.1, -0.05) is 76.4 Å². The molecule has 350 valence electrons. The zero-order valence-electron chi connectivity index (χ0n) is 38.3. The molecule has 5 amide bonds. The lowest BCUT2D eigenvalue weighted by molar-refractivity contribution is -0.199. The first-order chi connectivity index (χ1) is 30.2. The Morgan fingerprint density at radius 2 is 1.56 bits per heavy atom. The van der Waals surface area contributed by atoms with Gasteiger partial charge in [-0.05, 0) is 112 Å². The maximum atomic E-state index is 14.1. The number of rotatable bonds is 20. The van der Waals surface area contributed by atoms with E-state index >= 15 is 0 Å². The Hall–Kier alpha value is -4.36. The minimum Gasteiger partial charge on any atom is -0.404 e. The predicted octanol–water partition coefficient (Wildman–Crippen LogP) is 3.76. The summed E-state index contributed by atoms with van der Waals surface area (Å²) in [5, 5.41) is 20.9. The topological polar surface area (TPSA) is 242 Å². The number of aliphatic hydroxyl groups excluding tert-OH is 1. The molecule has 2 bridgehead atoms. The molecular formula is C46H68BN7O9S. The number of hydrogen-bond donors (Lipinski definition) is 7.